The number of hydrogen-bond donors (Lipinski definition) is 1. The van der Waals surface area contributed by atoms with Crippen LogP contribution in [0.3, 0.4) is 0 Å². The zero-order chi connectivity index (χ0) is 20.8. The Hall–Kier alpha value is -2.87. The van der Waals surface area contributed by atoms with E-state index < -0.39 is 12.7 Å². The van der Waals surface area contributed by atoms with Crippen LogP contribution in [0.15, 0.2) is 48.5 Å². The number of para-hydroxylation sites is 2. The number of anilines is 2. The van der Waals surface area contributed by atoms with Crippen molar-refractivity contribution in [3.63, 3.8) is 0 Å². The molecule has 6 nitrogen and oxygen atoms in total. The molecule has 1 N–H and O–H groups in total. The van der Waals surface area contributed by atoms with Gasteiger partial charge in [-0.25, -0.2) is 0 Å². The lowest BCUT2D eigenvalue weighted by Crippen LogP contribution is -2.52. The number of ether oxygens (including phenoxy) is 2. The molecule has 0 unspecified atom stereocenters. The number of piperazine rings is 1. The summed E-state index contributed by atoms with van der Waals surface area (Å²) in [7, 11) is 1.64. The summed E-state index contributed by atoms with van der Waals surface area (Å²) in [6.07, 6.45) is 0. The molecule has 8 heteroatoms. The average molecular weight is 405 g/mol. The van der Waals surface area contributed by atoms with Crippen LogP contribution in [-0.4, -0.2) is 56.7 Å². The number of carbonyl (C=O) groups is 1. The van der Waals surface area contributed by atoms with Crippen LogP contribution < -0.4 is 19.7 Å². The second-order valence-corrected chi connectivity index (χ2v) is 6.76. The molecule has 0 aromatic heterocycles. The Morgan fingerprint density at radius 3 is 2.31 bits per heavy atom. The topological polar surface area (TPSA) is 54.0 Å². The lowest BCUT2D eigenvalue weighted by Gasteiger charge is -2.38. The highest BCUT2D eigenvalue weighted by molar-refractivity contribution is 5.95. The van der Waals surface area contributed by atoms with Crippen molar-refractivity contribution in [1.82, 2.24) is 4.90 Å². The van der Waals surface area contributed by atoms with E-state index in [-0.39, 0.29) is 17.3 Å². The Morgan fingerprint density at radius 1 is 1.03 bits per heavy atom. The fourth-order valence-corrected chi connectivity index (χ4v) is 3.33. The number of methoxy groups -OCH3 is 1. The van der Waals surface area contributed by atoms with E-state index in [4.69, 9.17) is 4.74 Å². The van der Waals surface area contributed by atoms with E-state index in [1.54, 1.807) is 25.3 Å². The highest BCUT2D eigenvalue weighted by Crippen LogP contribution is 2.26. The molecule has 1 atom stereocenters. The van der Waals surface area contributed by atoms with Gasteiger partial charge in [0.1, 0.15) is 11.5 Å². The molecular formula is C21H25F2N3O3. The number of carbonyl (C=O) groups excluding carboxylic acids is 1. The van der Waals surface area contributed by atoms with Crippen LogP contribution in [0.4, 0.5) is 20.2 Å². The van der Waals surface area contributed by atoms with Gasteiger partial charge in [0.05, 0.1) is 18.8 Å². The van der Waals surface area contributed by atoms with Crippen LogP contribution in [0.1, 0.15) is 6.92 Å². The van der Waals surface area contributed by atoms with Gasteiger partial charge in [-0.2, -0.15) is 8.78 Å². The van der Waals surface area contributed by atoms with Gasteiger partial charge in [-0.3, -0.25) is 9.69 Å². The number of benzene rings is 2. The van der Waals surface area contributed by atoms with Crippen molar-refractivity contribution in [2.45, 2.75) is 19.6 Å². The quantitative estimate of drug-likeness (QED) is 0.765. The first-order valence-electron chi connectivity index (χ1n) is 9.45. The molecule has 3 rings (SSSR count). The molecule has 0 bridgehead atoms. The molecule has 0 aliphatic carbocycles. The van der Waals surface area contributed by atoms with E-state index in [9.17, 15) is 13.6 Å². The van der Waals surface area contributed by atoms with Crippen LogP contribution in [0.5, 0.6) is 11.5 Å². The molecule has 29 heavy (non-hydrogen) atoms. The number of rotatable bonds is 7. The van der Waals surface area contributed by atoms with Gasteiger partial charge >= 0.3 is 6.61 Å². The zero-order valence-electron chi connectivity index (χ0n) is 16.5. The number of hydrogen-bond acceptors (Lipinski definition) is 5. The lowest BCUT2D eigenvalue weighted by atomic mass is 10.2. The Kier molecular flexibility index (Phi) is 6.87. The number of nitrogens with zero attached hydrogens (tertiary/aromatic N) is 2. The normalized spacial score (nSPS) is 15.8. The van der Waals surface area contributed by atoms with E-state index in [2.05, 4.69) is 19.9 Å². The van der Waals surface area contributed by atoms with E-state index in [1.807, 2.05) is 31.2 Å². The summed E-state index contributed by atoms with van der Waals surface area (Å²) in [5.41, 5.74) is 1.35. The molecule has 1 saturated heterocycles. The van der Waals surface area contributed by atoms with Gasteiger partial charge in [0.15, 0.2) is 0 Å². The Labute approximate surface area is 169 Å². The van der Waals surface area contributed by atoms with E-state index in [0.29, 0.717) is 0 Å². The molecule has 156 valence electrons. The van der Waals surface area contributed by atoms with Crippen LogP contribution in [-0.2, 0) is 4.79 Å². The first kappa shape index (κ1) is 20.9. The first-order valence-corrected chi connectivity index (χ1v) is 9.45. The predicted octanol–water partition coefficient (Wildman–Crippen LogP) is 3.45. The van der Waals surface area contributed by atoms with Crippen LogP contribution in [0, 0.1) is 0 Å². The van der Waals surface area contributed by atoms with Crippen molar-refractivity contribution in [3.05, 3.63) is 48.5 Å². The maximum Gasteiger partial charge on any atom is 0.387 e. The minimum absolute atomic E-state index is 0.0487. The lowest BCUT2D eigenvalue weighted by molar-refractivity contribution is -0.120. The fourth-order valence-electron chi connectivity index (χ4n) is 3.33. The van der Waals surface area contributed by atoms with E-state index in [1.165, 1.54) is 6.07 Å². The number of alkyl halides is 2. The largest absolute Gasteiger partial charge is 0.497 e. The number of amides is 1. The van der Waals surface area contributed by atoms with Crippen LogP contribution in [0.2, 0.25) is 0 Å². The Morgan fingerprint density at radius 2 is 1.69 bits per heavy atom. The Balaban J connectivity index is 1.56. The van der Waals surface area contributed by atoms with E-state index >= 15 is 0 Å². The smallest absolute Gasteiger partial charge is 0.387 e. The highest BCUT2D eigenvalue weighted by Gasteiger charge is 2.26. The van der Waals surface area contributed by atoms with Gasteiger partial charge in [0, 0.05) is 31.9 Å². The summed E-state index contributed by atoms with van der Waals surface area (Å²) in [5.74, 6) is 0.509. The molecule has 1 heterocycles. The third-order valence-electron chi connectivity index (χ3n) is 5.04. The third-order valence-corrected chi connectivity index (χ3v) is 5.04. The minimum atomic E-state index is -2.95. The van der Waals surface area contributed by atoms with Crippen molar-refractivity contribution in [1.29, 1.82) is 0 Å². The molecule has 1 fully saturated rings. The standard InChI is InChI=1S/C21H25F2N3O3/c1-15(20(27)24-18-5-3-4-6-19(18)29-21(22)23)25-11-13-26(14-12-25)16-7-9-17(28-2)10-8-16/h3-10,15,21H,11-14H2,1-2H3,(H,24,27)/t15-/m0/s1. The van der Waals surface area contributed by atoms with Crippen molar-refractivity contribution < 1.29 is 23.0 Å². The monoisotopic (exact) mass is 405 g/mol. The van der Waals surface area contributed by atoms with Crippen LogP contribution in [0.25, 0.3) is 0 Å². The summed E-state index contributed by atoms with van der Waals surface area (Å²) in [6, 6.07) is 13.7. The van der Waals surface area contributed by atoms with Crippen molar-refractivity contribution in [3.8, 4) is 11.5 Å². The SMILES string of the molecule is COc1ccc(N2CCN([C@@H](C)C(=O)Nc3ccccc3OC(F)F)CC2)cc1. The van der Waals surface area contributed by atoms with Gasteiger partial charge in [-0.1, -0.05) is 12.1 Å². The van der Waals surface area contributed by atoms with Crippen molar-refractivity contribution >= 4 is 17.3 Å². The predicted molar refractivity (Wildman–Crippen MR) is 108 cm³/mol. The highest BCUT2D eigenvalue weighted by atomic mass is 19.3. The summed E-state index contributed by atoms with van der Waals surface area (Å²) in [4.78, 5) is 17.0. The van der Waals surface area contributed by atoms with Gasteiger partial charge in [0.25, 0.3) is 0 Å². The molecular weight excluding hydrogens is 380 g/mol. The summed E-state index contributed by atoms with van der Waals surface area (Å²) < 4.78 is 34.8. The van der Waals surface area contributed by atoms with Crippen LogP contribution >= 0.6 is 0 Å². The van der Waals surface area contributed by atoms with Crippen molar-refractivity contribution in [2.75, 3.05) is 43.5 Å². The molecule has 0 spiro atoms. The minimum Gasteiger partial charge on any atom is -0.497 e. The molecule has 2 aromatic carbocycles. The Bertz CT molecular complexity index is 809. The van der Waals surface area contributed by atoms with Gasteiger partial charge in [0.2, 0.25) is 5.91 Å². The molecule has 1 aliphatic heterocycles. The molecule has 1 aliphatic rings. The van der Waals surface area contributed by atoms with Gasteiger partial charge in [-0.05, 0) is 43.3 Å². The maximum atomic E-state index is 12.6. The first-order chi connectivity index (χ1) is 14.0. The summed E-state index contributed by atoms with van der Waals surface area (Å²) in [5, 5.41) is 2.70. The molecule has 2 aromatic rings. The zero-order valence-corrected chi connectivity index (χ0v) is 16.5. The second kappa shape index (κ2) is 9.56. The summed E-state index contributed by atoms with van der Waals surface area (Å²) >= 11 is 0. The number of nitrogens with one attached hydrogen (secondary N) is 1. The number of halogens is 2. The molecule has 0 radical (unpaired) electrons. The maximum absolute atomic E-state index is 12.6. The van der Waals surface area contributed by atoms with Gasteiger partial charge in [-0.15, -0.1) is 0 Å². The average Bonchev–Trinajstić information content (AvgIpc) is 2.74. The van der Waals surface area contributed by atoms with Gasteiger partial charge < -0.3 is 19.7 Å². The van der Waals surface area contributed by atoms with E-state index in [0.717, 1.165) is 37.6 Å². The van der Waals surface area contributed by atoms with Crippen molar-refractivity contribution in [2.24, 2.45) is 0 Å². The molecule has 1 amide bonds. The summed E-state index contributed by atoms with van der Waals surface area (Å²) in [6.45, 7) is 1.88. The molecule has 0 saturated carbocycles. The second-order valence-electron chi connectivity index (χ2n) is 6.76. The fraction of sp³-hybridized carbons (Fsp3) is 0.381. The third kappa shape index (κ3) is 5.35.